The summed E-state index contributed by atoms with van der Waals surface area (Å²) in [6, 6.07) is 7.42. The number of benzene rings is 1. The minimum atomic E-state index is 0.652. The van der Waals surface area contributed by atoms with E-state index in [0.717, 1.165) is 22.2 Å². The Bertz CT molecular complexity index is 735. The maximum absolute atomic E-state index is 6.03. The van der Waals surface area contributed by atoms with Gasteiger partial charge in [0.25, 0.3) is 0 Å². The van der Waals surface area contributed by atoms with Gasteiger partial charge in [-0.25, -0.2) is 9.98 Å². The number of rotatable bonds is 2. The monoisotopic (exact) mass is 317 g/mol. The van der Waals surface area contributed by atoms with E-state index in [0.29, 0.717) is 5.02 Å². The highest BCUT2D eigenvalue weighted by atomic mass is 35.5. The van der Waals surface area contributed by atoms with Crippen LogP contribution in [0.4, 0.5) is 5.69 Å². The third-order valence-corrected chi connectivity index (χ3v) is 3.99. The Labute approximate surface area is 131 Å². The molecule has 2 heterocycles. The summed E-state index contributed by atoms with van der Waals surface area (Å²) in [5.74, 6) is 1.55. The zero-order valence-electron chi connectivity index (χ0n) is 11.2. The summed E-state index contributed by atoms with van der Waals surface area (Å²) in [5.41, 5.74) is 0.779. The van der Waals surface area contributed by atoms with Crippen LogP contribution in [0.1, 0.15) is 6.92 Å². The summed E-state index contributed by atoms with van der Waals surface area (Å²) >= 11 is 7.59. The lowest BCUT2D eigenvalue weighted by molar-refractivity contribution is 0.352. The van der Waals surface area contributed by atoms with Gasteiger partial charge in [0.1, 0.15) is 12.1 Å². The van der Waals surface area contributed by atoms with Crippen molar-refractivity contribution in [2.24, 2.45) is 4.99 Å². The van der Waals surface area contributed by atoms with Crippen LogP contribution in [0.25, 0.3) is 0 Å². The number of aliphatic imine (C=N–C) groups is 1. The van der Waals surface area contributed by atoms with Gasteiger partial charge in [-0.2, -0.15) is 0 Å². The largest absolute Gasteiger partial charge is 0.468 e. The SMILES string of the molecule is CC1=C(/C(=N\c2cccc(Cl)c2)n2ccnc2)SC=CO1. The average molecular weight is 318 g/mol. The highest BCUT2D eigenvalue weighted by Gasteiger charge is 2.16. The van der Waals surface area contributed by atoms with Crippen LogP contribution in [-0.4, -0.2) is 15.4 Å². The molecule has 0 radical (unpaired) electrons. The molecule has 0 spiro atoms. The van der Waals surface area contributed by atoms with E-state index >= 15 is 0 Å². The van der Waals surface area contributed by atoms with E-state index in [1.807, 2.05) is 47.4 Å². The number of imidazole rings is 1. The zero-order chi connectivity index (χ0) is 14.7. The molecule has 1 aromatic carbocycles. The van der Waals surface area contributed by atoms with E-state index in [1.54, 1.807) is 30.5 Å². The number of ether oxygens (including phenoxy) is 1. The molecule has 4 nitrogen and oxygen atoms in total. The maximum Gasteiger partial charge on any atom is 0.156 e. The Hall–Kier alpha value is -1.98. The van der Waals surface area contributed by atoms with Gasteiger partial charge >= 0.3 is 0 Å². The Morgan fingerprint density at radius 3 is 3.05 bits per heavy atom. The molecule has 0 bridgehead atoms. The van der Waals surface area contributed by atoms with Gasteiger partial charge in [-0.3, -0.25) is 4.57 Å². The lowest BCUT2D eigenvalue weighted by atomic mass is 10.3. The van der Waals surface area contributed by atoms with E-state index < -0.39 is 0 Å². The molecule has 1 aliphatic heterocycles. The molecule has 0 fully saturated rings. The third-order valence-electron chi connectivity index (χ3n) is 2.80. The predicted octanol–water partition coefficient (Wildman–Crippen LogP) is 4.58. The van der Waals surface area contributed by atoms with Crippen molar-refractivity contribution in [3.63, 3.8) is 0 Å². The Morgan fingerprint density at radius 1 is 1.43 bits per heavy atom. The van der Waals surface area contributed by atoms with Crippen molar-refractivity contribution in [1.82, 2.24) is 9.55 Å². The van der Waals surface area contributed by atoms with Gasteiger partial charge in [-0.15, -0.1) is 0 Å². The number of hydrogen-bond donors (Lipinski definition) is 0. The number of halogens is 1. The molecule has 106 valence electrons. The van der Waals surface area contributed by atoms with Crippen LogP contribution in [0, 0.1) is 0 Å². The summed E-state index contributed by atoms with van der Waals surface area (Å²) in [6.07, 6.45) is 6.94. The summed E-state index contributed by atoms with van der Waals surface area (Å²) in [7, 11) is 0. The lowest BCUT2D eigenvalue weighted by Gasteiger charge is -2.16. The molecule has 21 heavy (non-hydrogen) atoms. The lowest BCUT2D eigenvalue weighted by Crippen LogP contribution is -2.13. The molecule has 0 unspecified atom stereocenters. The molecule has 1 aliphatic rings. The highest BCUT2D eigenvalue weighted by Crippen LogP contribution is 2.30. The van der Waals surface area contributed by atoms with Crippen molar-refractivity contribution >= 4 is 34.9 Å². The molecule has 0 saturated carbocycles. The number of allylic oxidation sites excluding steroid dienone is 2. The van der Waals surface area contributed by atoms with Crippen molar-refractivity contribution in [3.8, 4) is 0 Å². The van der Waals surface area contributed by atoms with E-state index in [4.69, 9.17) is 21.3 Å². The van der Waals surface area contributed by atoms with Crippen molar-refractivity contribution in [2.75, 3.05) is 0 Å². The zero-order valence-corrected chi connectivity index (χ0v) is 12.8. The molecular formula is C15H12ClN3OS. The standard InChI is InChI=1S/C15H12ClN3OS/c1-11-14(21-8-7-20-11)15(19-6-5-17-10-19)18-13-4-2-3-12(16)9-13/h2-10H,1H3/b18-15+. The first-order chi connectivity index (χ1) is 10.2. The summed E-state index contributed by atoms with van der Waals surface area (Å²) in [4.78, 5) is 9.73. The van der Waals surface area contributed by atoms with Gasteiger partial charge in [0.15, 0.2) is 5.84 Å². The fourth-order valence-corrected chi connectivity index (χ4v) is 2.75. The summed E-state index contributed by atoms with van der Waals surface area (Å²) in [6.45, 7) is 1.91. The number of thioether (sulfide) groups is 1. The van der Waals surface area contributed by atoms with Gasteiger partial charge in [0, 0.05) is 22.8 Å². The first-order valence-corrected chi connectivity index (χ1v) is 7.52. The van der Waals surface area contributed by atoms with Crippen LogP contribution in [0.5, 0.6) is 0 Å². The van der Waals surface area contributed by atoms with E-state index in [2.05, 4.69) is 4.98 Å². The highest BCUT2D eigenvalue weighted by molar-refractivity contribution is 8.06. The quantitative estimate of drug-likeness (QED) is 0.601. The minimum absolute atomic E-state index is 0.652. The van der Waals surface area contributed by atoms with Crippen molar-refractivity contribution in [2.45, 2.75) is 6.92 Å². The molecule has 6 heteroatoms. The summed E-state index contributed by atoms with van der Waals surface area (Å²) in [5, 5.41) is 2.53. The second-order valence-electron chi connectivity index (χ2n) is 4.28. The smallest absolute Gasteiger partial charge is 0.156 e. The van der Waals surface area contributed by atoms with Gasteiger partial charge in [0.2, 0.25) is 0 Å². The molecule has 2 aromatic rings. The van der Waals surface area contributed by atoms with Crippen molar-refractivity contribution in [1.29, 1.82) is 0 Å². The molecule has 0 aliphatic carbocycles. The fraction of sp³-hybridized carbons (Fsp3) is 0.0667. The van der Waals surface area contributed by atoms with Crippen LogP contribution in [0.3, 0.4) is 0 Å². The molecule has 0 atom stereocenters. The van der Waals surface area contributed by atoms with E-state index in [-0.39, 0.29) is 0 Å². The first-order valence-electron chi connectivity index (χ1n) is 6.26. The molecule has 0 N–H and O–H groups in total. The van der Waals surface area contributed by atoms with Crippen molar-refractivity contribution < 1.29 is 4.74 Å². The van der Waals surface area contributed by atoms with Crippen LogP contribution < -0.4 is 0 Å². The van der Waals surface area contributed by atoms with Crippen molar-refractivity contribution in [3.05, 3.63) is 70.3 Å². The minimum Gasteiger partial charge on any atom is -0.468 e. The summed E-state index contributed by atoms with van der Waals surface area (Å²) < 4.78 is 7.32. The van der Waals surface area contributed by atoms with Crippen LogP contribution in [0.15, 0.2) is 70.3 Å². The second kappa shape index (κ2) is 6.20. The maximum atomic E-state index is 6.03. The first kappa shape index (κ1) is 14.0. The van der Waals surface area contributed by atoms with Gasteiger partial charge < -0.3 is 4.74 Å². The van der Waals surface area contributed by atoms with Gasteiger partial charge in [-0.1, -0.05) is 29.4 Å². The fourth-order valence-electron chi connectivity index (χ4n) is 1.85. The molecule has 3 rings (SSSR count). The average Bonchev–Trinajstić information content (AvgIpc) is 3.00. The molecule has 1 aromatic heterocycles. The van der Waals surface area contributed by atoms with E-state index in [1.165, 1.54) is 0 Å². The third kappa shape index (κ3) is 3.20. The number of aromatic nitrogens is 2. The van der Waals surface area contributed by atoms with Gasteiger partial charge in [-0.05, 0) is 25.1 Å². The van der Waals surface area contributed by atoms with Gasteiger partial charge in [0.05, 0.1) is 16.9 Å². The van der Waals surface area contributed by atoms with Crippen LogP contribution >= 0.6 is 23.4 Å². The van der Waals surface area contributed by atoms with Crippen LogP contribution in [-0.2, 0) is 4.74 Å². The Balaban J connectivity index is 2.09. The number of nitrogens with zero attached hydrogens (tertiary/aromatic N) is 3. The second-order valence-corrected chi connectivity index (χ2v) is 5.63. The van der Waals surface area contributed by atoms with Crippen LogP contribution in [0.2, 0.25) is 5.02 Å². The van der Waals surface area contributed by atoms with E-state index in [9.17, 15) is 0 Å². The molecule has 0 amide bonds. The topological polar surface area (TPSA) is 39.4 Å². The number of hydrogen-bond acceptors (Lipinski definition) is 4. The Kier molecular flexibility index (Phi) is 4.13. The Morgan fingerprint density at radius 2 is 2.33 bits per heavy atom. The molecule has 0 saturated heterocycles. The normalized spacial score (nSPS) is 15.2. The predicted molar refractivity (Wildman–Crippen MR) is 86.7 cm³/mol. The molecular weight excluding hydrogens is 306 g/mol.